The number of benzene rings is 2. The Morgan fingerprint density at radius 3 is 2.68 bits per heavy atom. The summed E-state index contributed by atoms with van der Waals surface area (Å²) in [6, 6.07) is 9.61. The molecular formula is C16H13ClN2O3. The van der Waals surface area contributed by atoms with E-state index in [1.807, 2.05) is 18.2 Å². The zero-order valence-corrected chi connectivity index (χ0v) is 12.4. The summed E-state index contributed by atoms with van der Waals surface area (Å²) in [6.45, 7) is 0. The van der Waals surface area contributed by atoms with Crippen molar-refractivity contribution in [1.82, 2.24) is 0 Å². The lowest BCUT2D eigenvalue weighted by molar-refractivity contribution is -0.384. The summed E-state index contributed by atoms with van der Waals surface area (Å²) in [5.41, 5.74) is 3.16. The fraction of sp³-hybridized carbons (Fsp3) is 0.188. The Bertz CT molecular complexity index is 774. The summed E-state index contributed by atoms with van der Waals surface area (Å²) < 4.78 is 0. The number of nitro benzene ring substituents is 1. The van der Waals surface area contributed by atoms with E-state index in [0.29, 0.717) is 5.69 Å². The minimum Gasteiger partial charge on any atom is -0.322 e. The molecule has 0 radical (unpaired) electrons. The van der Waals surface area contributed by atoms with Crippen LogP contribution in [0.1, 0.15) is 27.9 Å². The van der Waals surface area contributed by atoms with Crippen molar-refractivity contribution in [3.63, 3.8) is 0 Å². The van der Waals surface area contributed by atoms with Crippen LogP contribution in [0.25, 0.3) is 0 Å². The minimum absolute atomic E-state index is 0.0939. The number of hydrogen-bond donors (Lipinski definition) is 1. The fourth-order valence-electron chi connectivity index (χ4n) is 2.65. The topological polar surface area (TPSA) is 72.2 Å². The first-order valence-corrected chi connectivity index (χ1v) is 7.29. The van der Waals surface area contributed by atoms with E-state index in [9.17, 15) is 14.9 Å². The Hall–Kier alpha value is -2.40. The van der Waals surface area contributed by atoms with Gasteiger partial charge in [0.2, 0.25) is 0 Å². The third kappa shape index (κ3) is 2.80. The van der Waals surface area contributed by atoms with E-state index in [4.69, 9.17) is 11.6 Å². The monoisotopic (exact) mass is 316 g/mol. The Kier molecular flexibility index (Phi) is 3.81. The molecule has 0 saturated carbocycles. The smallest absolute Gasteiger partial charge is 0.270 e. The van der Waals surface area contributed by atoms with E-state index in [1.54, 1.807) is 0 Å². The Morgan fingerprint density at radius 2 is 1.91 bits per heavy atom. The number of non-ortho nitro benzene ring substituents is 1. The predicted molar refractivity (Wildman–Crippen MR) is 84.5 cm³/mol. The van der Waals surface area contributed by atoms with Crippen LogP contribution in [0, 0.1) is 10.1 Å². The van der Waals surface area contributed by atoms with Crippen LogP contribution in [0.15, 0.2) is 36.4 Å². The average Bonchev–Trinajstić information content (AvgIpc) is 2.94. The largest absolute Gasteiger partial charge is 0.322 e. The van der Waals surface area contributed by atoms with E-state index >= 15 is 0 Å². The van der Waals surface area contributed by atoms with Crippen molar-refractivity contribution in [3.05, 3.63) is 68.2 Å². The highest BCUT2D eigenvalue weighted by molar-refractivity contribution is 6.34. The predicted octanol–water partition coefficient (Wildman–Crippen LogP) is 3.99. The van der Waals surface area contributed by atoms with Crippen molar-refractivity contribution in [1.29, 1.82) is 0 Å². The maximum Gasteiger partial charge on any atom is 0.270 e. The standard InChI is InChI=1S/C16H13ClN2O3/c17-15-7-6-13(19(21)22)9-14(15)16(20)18-12-5-4-10-2-1-3-11(10)8-12/h4-9H,1-3H2,(H,18,20). The zero-order valence-electron chi connectivity index (χ0n) is 11.6. The molecule has 0 aromatic heterocycles. The summed E-state index contributed by atoms with van der Waals surface area (Å²) in [4.78, 5) is 22.5. The molecule has 0 heterocycles. The molecule has 5 nitrogen and oxygen atoms in total. The van der Waals surface area contributed by atoms with Gasteiger partial charge in [0.05, 0.1) is 15.5 Å². The van der Waals surface area contributed by atoms with Crippen molar-refractivity contribution < 1.29 is 9.72 Å². The summed E-state index contributed by atoms with van der Waals surface area (Å²) in [5, 5.41) is 13.7. The maximum atomic E-state index is 12.3. The van der Waals surface area contributed by atoms with Crippen molar-refractivity contribution in [3.8, 4) is 0 Å². The van der Waals surface area contributed by atoms with Crippen LogP contribution >= 0.6 is 11.6 Å². The van der Waals surface area contributed by atoms with Gasteiger partial charge in [-0.2, -0.15) is 0 Å². The van der Waals surface area contributed by atoms with E-state index < -0.39 is 10.8 Å². The van der Waals surface area contributed by atoms with Gasteiger partial charge in [-0.05, 0) is 48.6 Å². The third-order valence-corrected chi connectivity index (χ3v) is 4.09. The van der Waals surface area contributed by atoms with Crippen molar-refractivity contribution >= 4 is 28.9 Å². The Morgan fingerprint density at radius 1 is 1.14 bits per heavy atom. The molecule has 1 aliphatic carbocycles. The number of nitrogens with zero attached hydrogens (tertiary/aromatic N) is 1. The molecule has 0 spiro atoms. The van der Waals surface area contributed by atoms with E-state index in [0.717, 1.165) is 19.3 Å². The number of fused-ring (bicyclic) bond motifs is 1. The first-order chi connectivity index (χ1) is 10.5. The molecular weight excluding hydrogens is 304 g/mol. The van der Waals surface area contributed by atoms with Crippen molar-refractivity contribution in [2.24, 2.45) is 0 Å². The SMILES string of the molecule is O=C(Nc1ccc2c(c1)CCC2)c1cc([N+](=O)[O-])ccc1Cl. The number of hydrogen-bond acceptors (Lipinski definition) is 3. The van der Waals surface area contributed by atoms with Gasteiger partial charge in [-0.3, -0.25) is 14.9 Å². The second-order valence-electron chi connectivity index (χ2n) is 5.21. The van der Waals surface area contributed by atoms with Crippen molar-refractivity contribution in [2.45, 2.75) is 19.3 Å². The first-order valence-electron chi connectivity index (χ1n) is 6.92. The second-order valence-corrected chi connectivity index (χ2v) is 5.62. The molecule has 22 heavy (non-hydrogen) atoms. The molecule has 3 rings (SSSR count). The van der Waals surface area contributed by atoms with Gasteiger partial charge in [0.25, 0.3) is 11.6 Å². The Balaban J connectivity index is 1.85. The number of carbonyl (C=O) groups is 1. The van der Waals surface area contributed by atoms with E-state index in [1.165, 1.54) is 29.3 Å². The van der Waals surface area contributed by atoms with Crippen LogP contribution in [0.2, 0.25) is 5.02 Å². The van der Waals surface area contributed by atoms with Gasteiger partial charge in [0.1, 0.15) is 0 Å². The number of nitrogens with one attached hydrogen (secondary N) is 1. The van der Waals surface area contributed by atoms with Gasteiger partial charge in [-0.1, -0.05) is 17.7 Å². The molecule has 6 heteroatoms. The highest BCUT2D eigenvalue weighted by Gasteiger charge is 2.17. The molecule has 1 amide bonds. The lowest BCUT2D eigenvalue weighted by atomic mass is 10.1. The number of aryl methyl sites for hydroxylation is 2. The van der Waals surface area contributed by atoms with Gasteiger partial charge in [0.15, 0.2) is 0 Å². The summed E-state index contributed by atoms with van der Waals surface area (Å²) in [5.74, 6) is -0.452. The summed E-state index contributed by atoms with van der Waals surface area (Å²) in [6.07, 6.45) is 3.21. The molecule has 0 bridgehead atoms. The molecule has 112 valence electrons. The van der Waals surface area contributed by atoms with Crippen LogP contribution in [-0.4, -0.2) is 10.8 Å². The average molecular weight is 317 g/mol. The normalized spacial score (nSPS) is 12.8. The lowest BCUT2D eigenvalue weighted by Crippen LogP contribution is -2.13. The first kappa shape index (κ1) is 14.5. The molecule has 0 atom stereocenters. The number of amides is 1. The van der Waals surface area contributed by atoms with Crippen LogP contribution in [0.4, 0.5) is 11.4 Å². The fourth-order valence-corrected chi connectivity index (χ4v) is 2.85. The van der Waals surface area contributed by atoms with Crippen LogP contribution in [0.3, 0.4) is 0 Å². The van der Waals surface area contributed by atoms with E-state index in [-0.39, 0.29) is 16.3 Å². The third-order valence-electron chi connectivity index (χ3n) is 3.76. The molecule has 0 unspecified atom stereocenters. The molecule has 1 N–H and O–H groups in total. The quantitative estimate of drug-likeness (QED) is 0.687. The van der Waals surface area contributed by atoms with Gasteiger partial charge >= 0.3 is 0 Å². The highest BCUT2D eigenvalue weighted by atomic mass is 35.5. The number of anilines is 1. The molecule has 1 aliphatic rings. The number of carbonyl (C=O) groups excluding carboxylic acids is 1. The minimum atomic E-state index is -0.553. The lowest BCUT2D eigenvalue weighted by Gasteiger charge is -2.08. The maximum absolute atomic E-state index is 12.3. The highest BCUT2D eigenvalue weighted by Crippen LogP contribution is 2.26. The molecule has 0 fully saturated rings. The van der Waals surface area contributed by atoms with Gasteiger partial charge < -0.3 is 5.32 Å². The van der Waals surface area contributed by atoms with Crippen LogP contribution < -0.4 is 5.32 Å². The number of nitro groups is 1. The summed E-state index contributed by atoms with van der Waals surface area (Å²) in [7, 11) is 0. The molecule has 0 aliphatic heterocycles. The van der Waals surface area contributed by atoms with Crippen molar-refractivity contribution in [2.75, 3.05) is 5.32 Å². The molecule has 2 aromatic rings. The summed E-state index contributed by atoms with van der Waals surface area (Å²) >= 11 is 5.97. The van der Waals surface area contributed by atoms with Gasteiger partial charge in [-0.25, -0.2) is 0 Å². The zero-order chi connectivity index (χ0) is 15.7. The van der Waals surface area contributed by atoms with Gasteiger partial charge in [0, 0.05) is 17.8 Å². The number of halogens is 1. The number of rotatable bonds is 3. The molecule has 2 aromatic carbocycles. The second kappa shape index (κ2) is 5.77. The Labute approximate surface area is 132 Å². The van der Waals surface area contributed by atoms with Crippen LogP contribution in [-0.2, 0) is 12.8 Å². The van der Waals surface area contributed by atoms with Crippen LogP contribution in [0.5, 0.6) is 0 Å². The van der Waals surface area contributed by atoms with Gasteiger partial charge in [-0.15, -0.1) is 0 Å². The molecule has 0 saturated heterocycles. The van der Waals surface area contributed by atoms with E-state index in [2.05, 4.69) is 5.32 Å².